The number of nitrogens with zero attached hydrogens (tertiary/aromatic N) is 2. The van der Waals surface area contributed by atoms with Gasteiger partial charge in [-0.2, -0.15) is 0 Å². The Kier molecular flexibility index (Phi) is 3.76. The first-order valence-electron chi connectivity index (χ1n) is 7.81. The van der Waals surface area contributed by atoms with Crippen LogP contribution >= 0.6 is 0 Å². The molecule has 2 aromatic heterocycles. The minimum Gasteiger partial charge on any atom is -0.353 e. The molecule has 3 rings (SSSR count). The number of nitrogens with one attached hydrogen (secondary N) is 2. The summed E-state index contributed by atoms with van der Waals surface area (Å²) in [6.45, 7) is 3.78. The Morgan fingerprint density at radius 1 is 1.36 bits per heavy atom. The Bertz CT molecular complexity index is 782. The zero-order valence-electron chi connectivity index (χ0n) is 13.3. The van der Waals surface area contributed by atoms with Crippen LogP contribution in [-0.2, 0) is 18.3 Å². The molecule has 1 amide bonds. The largest absolute Gasteiger partial charge is 0.353 e. The summed E-state index contributed by atoms with van der Waals surface area (Å²) in [7, 11) is 1.77. The van der Waals surface area contributed by atoms with Gasteiger partial charge in [0, 0.05) is 18.8 Å². The molecule has 1 aliphatic rings. The average Bonchev–Trinajstić information content (AvgIpc) is 3.04. The fraction of sp³-hybridized carbons (Fsp3) is 0.562. The van der Waals surface area contributed by atoms with Crippen LogP contribution in [0.15, 0.2) is 4.79 Å². The zero-order valence-corrected chi connectivity index (χ0v) is 13.3. The van der Waals surface area contributed by atoms with Crippen molar-refractivity contribution in [3.05, 3.63) is 27.2 Å². The number of hydrogen-bond donors (Lipinski definition) is 2. The molecule has 0 aliphatic heterocycles. The van der Waals surface area contributed by atoms with E-state index in [4.69, 9.17) is 0 Å². The van der Waals surface area contributed by atoms with Crippen LogP contribution in [0.1, 0.15) is 42.5 Å². The predicted octanol–water partition coefficient (Wildman–Crippen LogP) is 1.48. The van der Waals surface area contributed by atoms with Crippen molar-refractivity contribution in [3.63, 3.8) is 0 Å². The van der Waals surface area contributed by atoms with Crippen LogP contribution in [0.4, 0.5) is 0 Å². The lowest BCUT2D eigenvalue weighted by Gasteiger charge is -2.14. The quantitative estimate of drug-likeness (QED) is 0.901. The fourth-order valence-electron chi connectivity index (χ4n) is 3.42. The van der Waals surface area contributed by atoms with Gasteiger partial charge in [0.05, 0.1) is 11.8 Å². The van der Waals surface area contributed by atoms with Crippen molar-refractivity contribution in [2.24, 2.45) is 7.05 Å². The van der Waals surface area contributed by atoms with E-state index in [1.54, 1.807) is 11.7 Å². The number of carbonyl (C=O) groups excluding carboxylic acids is 1. The molecule has 6 nitrogen and oxygen atoms in total. The summed E-state index contributed by atoms with van der Waals surface area (Å²) in [5.74, 6) is 0.0200. The van der Waals surface area contributed by atoms with E-state index >= 15 is 0 Å². The topological polar surface area (TPSA) is 79.8 Å². The summed E-state index contributed by atoms with van der Waals surface area (Å²) in [6, 6.07) is 0.310. The second-order valence-electron chi connectivity index (χ2n) is 6.22. The van der Waals surface area contributed by atoms with Gasteiger partial charge in [0.15, 0.2) is 5.65 Å². The maximum Gasteiger partial charge on any atom is 0.273 e. The molecule has 2 heterocycles. The summed E-state index contributed by atoms with van der Waals surface area (Å²) in [5, 5.41) is 6.39. The van der Waals surface area contributed by atoms with E-state index < -0.39 is 0 Å². The number of amides is 1. The molecular formula is C16H22N4O2. The number of aromatic amines is 1. The van der Waals surface area contributed by atoms with Gasteiger partial charge in [0.2, 0.25) is 5.91 Å². The van der Waals surface area contributed by atoms with Gasteiger partial charge in [-0.3, -0.25) is 19.4 Å². The molecule has 0 bridgehead atoms. The van der Waals surface area contributed by atoms with Gasteiger partial charge in [0.25, 0.3) is 5.56 Å². The third kappa shape index (κ3) is 2.53. The Hall–Kier alpha value is -2.11. The number of carbonyl (C=O) groups is 1. The van der Waals surface area contributed by atoms with E-state index in [0.717, 1.165) is 29.7 Å². The zero-order chi connectivity index (χ0) is 15.9. The fourth-order valence-corrected chi connectivity index (χ4v) is 3.42. The highest BCUT2D eigenvalue weighted by Gasteiger charge is 2.20. The maximum absolute atomic E-state index is 12.3. The van der Waals surface area contributed by atoms with Gasteiger partial charge >= 0.3 is 0 Å². The molecule has 0 aromatic carbocycles. The molecule has 118 valence electrons. The van der Waals surface area contributed by atoms with Gasteiger partial charge in [-0.15, -0.1) is 0 Å². The third-order valence-corrected chi connectivity index (χ3v) is 4.63. The number of pyridine rings is 1. The molecule has 1 saturated carbocycles. The first-order chi connectivity index (χ1) is 10.5. The van der Waals surface area contributed by atoms with Gasteiger partial charge in [-0.25, -0.2) is 4.98 Å². The van der Waals surface area contributed by atoms with Crippen LogP contribution < -0.4 is 10.9 Å². The number of hydrogen-bond acceptors (Lipinski definition) is 3. The van der Waals surface area contributed by atoms with Crippen molar-refractivity contribution in [3.8, 4) is 0 Å². The SMILES string of the molecule is Cc1nc2c(c(C)c1CC(=O)NC1CCCC1)c(=O)[nH]n2C. The molecule has 22 heavy (non-hydrogen) atoms. The van der Waals surface area contributed by atoms with Crippen LogP contribution in [0.3, 0.4) is 0 Å². The van der Waals surface area contributed by atoms with Gasteiger partial charge in [0.1, 0.15) is 0 Å². The van der Waals surface area contributed by atoms with E-state index in [1.165, 1.54) is 12.8 Å². The van der Waals surface area contributed by atoms with Crippen LogP contribution in [0.25, 0.3) is 11.0 Å². The Balaban J connectivity index is 1.91. The van der Waals surface area contributed by atoms with E-state index in [2.05, 4.69) is 15.4 Å². The van der Waals surface area contributed by atoms with Gasteiger partial charge in [-0.05, 0) is 37.8 Å². The number of aryl methyl sites for hydroxylation is 3. The minimum absolute atomic E-state index is 0.0200. The molecule has 0 unspecified atom stereocenters. The van der Waals surface area contributed by atoms with Crippen molar-refractivity contribution in [1.82, 2.24) is 20.1 Å². The lowest BCUT2D eigenvalue weighted by atomic mass is 10.0. The Morgan fingerprint density at radius 2 is 2.05 bits per heavy atom. The molecule has 1 aliphatic carbocycles. The second-order valence-corrected chi connectivity index (χ2v) is 6.22. The first kappa shape index (κ1) is 14.8. The van der Waals surface area contributed by atoms with Gasteiger partial charge < -0.3 is 5.32 Å². The van der Waals surface area contributed by atoms with Crippen molar-refractivity contribution in [1.29, 1.82) is 0 Å². The van der Waals surface area contributed by atoms with Crippen LogP contribution in [-0.4, -0.2) is 26.7 Å². The molecule has 0 radical (unpaired) electrons. The Morgan fingerprint density at radius 3 is 2.73 bits per heavy atom. The normalized spacial score (nSPS) is 15.6. The lowest BCUT2D eigenvalue weighted by molar-refractivity contribution is -0.121. The van der Waals surface area contributed by atoms with Gasteiger partial charge in [-0.1, -0.05) is 12.8 Å². The van der Waals surface area contributed by atoms with Crippen molar-refractivity contribution >= 4 is 16.9 Å². The molecule has 2 N–H and O–H groups in total. The number of fused-ring (bicyclic) bond motifs is 1. The summed E-state index contributed by atoms with van der Waals surface area (Å²) < 4.78 is 1.63. The molecule has 1 fully saturated rings. The first-order valence-corrected chi connectivity index (χ1v) is 7.81. The molecule has 6 heteroatoms. The lowest BCUT2D eigenvalue weighted by Crippen LogP contribution is -2.34. The van der Waals surface area contributed by atoms with Crippen molar-refractivity contribution in [2.45, 2.75) is 52.0 Å². The van der Waals surface area contributed by atoms with Crippen LogP contribution in [0.2, 0.25) is 0 Å². The minimum atomic E-state index is -0.153. The van der Waals surface area contributed by atoms with Crippen LogP contribution in [0, 0.1) is 13.8 Å². The highest BCUT2D eigenvalue weighted by atomic mass is 16.1. The third-order valence-electron chi connectivity index (χ3n) is 4.63. The number of rotatable bonds is 3. The summed E-state index contributed by atoms with van der Waals surface area (Å²) in [4.78, 5) is 28.8. The summed E-state index contributed by atoms with van der Waals surface area (Å²) in [5.41, 5.74) is 3.01. The standard InChI is InChI=1S/C16H22N4O2/c1-9-12(8-13(21)18-11-6-4-5-7-11)10(2)17-15-14(9)16(22)19-20(15)3/h11H,4-8H2,1-3H3,(H,18,21)(H,19,22). The van der Waals surface area contributed by atoms with E-state index in [0.29, 0.717) is 17.1 Å². The molecular weight excluding hydrogens is 280 g/mol. The molecule has 0 atom stereocenters. The average molecular weight is 302 g/mol. The van der Waals surface area contributed by atoms with E-state index in [9.17, 15) is 9.59 Å². The number of H-pyrrole nitrogens is 1. The highest BCUT2D eigenvalue weighted by molar-refractivity contribution is 5.84. The summed E-state index contributed by atoms with van der Waals surface area (Å²) >= 11 is 0. The Labute approximate surface area is 128 Å². The summed E-state index contributed by atoms with van der Waals surface area (Å²) in [6.07, 6.45) is 4.80. The molecule has 2 aromatic rings. The van der Waals surface area contributed by atoms with E-state index in [1.807, 2.05) is 13.8 Å². The molecule has 0 spiro atoms. The smallest absolute Gasteiger partial charge is 0.273 e. The predicted molar refractivity (Wildman–Crippen MR) is 84.9 cm³/mol. The van der Waals surface area contributed by atoms with Crippen molar-refractivity contribution < 1.29 is 4.79 Å². The maximum atomic E-state index is 12.3. The van der Waals surface area contributed by atoms with Crippen LogP contribution in [0.5, 0.6) is 0 Å². The van der Waals surface area contributed by atoms with Crippen molar-refractivity contribution in [2.75, 3.05) is 0 Å². The molecule has 0 saturated heterocycles. The second kappa shape index (κ2) is 5.59. The monoisotopic (exact) mass is 302 g/mol. The van der Waals surface area contributed by atoms with E-state index in [-0.39, 0.29) is 17.9 Å². The number of aromatic nitrogens is 3. The highest BCUT2D eigenvalue weighted by Crippen LogP contribution is 2.21.